The molecule has 0 aliphatic heterocycles. The van der Waals surface area contributed by atoms with Crippen LogP contribution in [-0.2, 0) is 0 Å². The van der Waals surface area contributed by atoms with Crippen molar-refractivity contribution in [1.82, 2.24) is 15.0 Å². The number of hydrazone groups is 1. The molecule has 0 spiro atoms. The van der Waals surface area contributed by atoms with Gasteiger partial charge in [0.25, 0.3) is 0 Å². The Kier molecular flexibility index (Phi) is 5.38. The predicted molar refractivity (Wildman–Crippen MR) is 120 cm³/mol. The summed E-state index contributed by atoms with van der Waals surface area (Å²) in [5, 5.41) is 4.92. The summed E-state index contributed by atoms with van der Waals surface area (Å²) >= 11 is 6.86. The van der Waals surface area contributed by atoms with E-state index in [0.717, 1.165) is 37.0 Å². The van der Waals surface area contributed by atoms with Crippen LogP contribution < -0.4 is 5.43 Å². The van der Waals surface area contributed by atoms with Crippen LogP contribution in [0.25, 0.3) is 16.7 Å². The third-order valence-corrected chi connectivity index (χ3v) is 5.55. The van der Waals surface area contributed by atoms with E-state index in [4.69, 9.17) is 4.42 Å². The highest BCUT2D eigenvalue weighted by molar-refractivity contribution is 9.11. The van der Waals surface area contributed by atoms with Gasteiger partial charge in [0, 0.05) is 33.0 Å². The average Bonchev–Trinajstić information content (AvgIpc) is 3.23. The molecule has 0 bridgehead atoms. The summed E-state index contributed by atoms with van der Waals surface area (Å²) in [6.07, 6.45) is 5.17. The molecule has 3 heterocycles. The number of furan rings is 1. The summed E-state index contributed by atoms with van der Waals surface area (Å²) in [7, 11) is 0. The lowest BCUT2D eigenvalue weighted by molar-refractivity contribution is 0.0929. The number of nitrogens with zero attached hydrogens (tertiary/aromatic N) is 3. The van der Waals surface area contributed by atoms with Crippen LogP contribution in [0.2, 0.25) is 0 Å². The molecule has 1 aromatic carbocycles. The molecule has 29 heavy (non-hydrogen) atoms. The van der Waals surface area contributed by atoms with E-state index in [2.05, 4.69) is 51.9 Å². The number of benzene rings is 1. The van der Waals surface area contributed by atoms with E-state index in [1.165, 1.54) is 0 Å². The number of aryl methyl sites for hydroxylation is 1. The van der Waals surface area contributed by atoms with E-state index >= 15 is 0 Å². The summed E-state index contributed by atoms with van der Waals surface area (Å²) in [6.45, 7) is 4.01. The number of fused-ring (bicyclic) bond motifs is 1. The normalized spacial score (nSPS) is 11.4. The number of halogens is 2. The Morgan fingerprint density at radius 1 is 1.24 bits per heavy atom. The van der Waals surface area contributed by atoms with Gasteiger partial charge in [0.1, 0.15) is 5.58 Å². The van der Waals surface area contributed by atoms with Crippen LogP contribution in [0.5, 0.6) is 0 Å². The molecule has 0 saturated heterocycles. The van der Waals surface area contributed by atoms with Crippen molar-refractivity contribution in [3.05, 3.63) is 80.4 Å². The molecule has 146 valence electrons. The van der Waals surface area contributed by atoms with Gasteiger partial charge in [-0.3, -0.25) is 9.78 Å². The minimum absolute atomic E-state index is 0.191. The van der Waals surface area contributed by atoms with Crippen LogP contribution in [0.15, 0.2) is 67.3 Å². The van der Waals surface area contributed by atoms with Gasteiger partial charge in [-0.25, -0.2) is 5.43 Å². The highest BCUT2D eigenvalue weighted by Crippen LogP contribution is 2.31. The molecule has 6 nitrogen and oxygen atoms in total. The lowest BCUT2D eigenvalue weighted by atomic mass is 10.2. The quantitative estimate of drug-likeness (QED) is 0.287. The maximum Gasteiger partial charge on any atom is 0.307 e. The Morgan fingerprint density at radius 3 is 2.83 bits per heavy atom. The topological polar surface area (TPSA) is 72.4 Å². The van der Waals surface area contributed by atoms with E-state index < -0.39 is 5.91 Å². The summed E-state index contributed by atoms with van der Waals surface area (Å²) in [4.78, 5) is 16.6. The number of carbonyl (C=O) groups excluding carboxylic acids is 1. The third kappa shape index (κ3) is 3.90. The standard InChI is InChI=1S/C21H16Br2N4O2/c1-12-6-15(13(2)27(12)17-4-3-5-24-11-17)10-25-26-21(28)19-8-14-7-16(22)9-18(23)20(14)29-19/h3-11H,1-2H3,(H,26,28)/b25-10-. The molecule has 0 radical (unpaired) electrons. The second kappa shape index (κ2) is 7.96. The first kappa shape index (κ1) is 19.6. The van der Waals surface area contributed by atoms with Gasteiger partial charge >= 0.3 is 5.91 Å². The van der Waals surface area contributed by atoms with Gasteiger partial charge in [0.15, 0.2) is 5.76 Å². The fourth-order valence-electron chi connectivity index (χ4n) is 3.20. The lowest BCUT2D eigenvalue weighted by Crippen LogP contribution is -2.16. The van der Waals surface area contributed by atoms with Crippen LogP contribution in [0, 0.1) is 13.8 Å². The van der Waals surface area contributed by atoms with Crippen molar-refractivity contribution in [2.75, 3.05) is 0 Å². The zero-order valence-corrected chi connectivity index (χ0v) is 18.8. The molecule has 0 aliphatic carbocycles. The Labute approximate surface area is 183 Å². The smallest absolute Gasteiger partial charge is 0.307 e. The Hall–Kier alpha value is -2.71. The highest BCUT2D eigenvalue weighted by atomic mass is 79.9. The van der Waals surface area contributed by atoms with Crippen molar-refractivity contribution in [3.63, 3.8) is 0 Å². The minimum Gasteiger partial charge on any atom is -0.450 e. The van der Waals surface area contributed by atoms with Gasteiger partial charge in [-0.2, -0.15) is 5.10 Å². The zero-order chi connectivity index (χ0) is 20.5. The van der Waals surface area contributed by atoms with E-state index in [-0.39, 0.29) is 5.76 Å². The number of pyridine rings is 1. The van der Waals surface area contributed by atoms with Gasteiger partial charge in [0.05, 0.1) is 22.6 Å². The number of amides is 1. The molecular formula is C21H16Br2N4O2. The predicted octanol–water partition coefficient (Wildman–Crippen LogP) is 5.52. The molecule has 0 atom stereocenters. The molecule has 0 fully saturated rings. The van der Waals surface area contributed by atoms with Crippen molar-refractivity contribution >= 4 is 55.0 Å². The summed E-state index contributed by atoms with van der Waals surface area (Å²) < 4.78 is 9.41. The van der Waals surface area contributed by atoms with E-state index in [1.54, 1.807) is 24.7 Å². The second-order valence-electron chi connectivity index (χ2n) is 6.49. The first-order chi connectivity index (χ1) is 13.9. The molecule has 8 heteroatoms. The maximum atomic E-state index is 12.4. The first-order valence-electron chi connectivity index (χ1n) is 8.75. The molecule has 4 aromatic rings. The van der Waals surface area contributed by atoms with Crippen LogP contribution in [0.1, 0.15) is 27.5 Å². The monoisotopic (exact) mass is 514 g/mol. The number of rotatable bonds is 4. The van der Waals surface area contributed by atoms with Crippen molar-refractivity contribution < 1.29 is 9.21 Å². The van der Waals surface area contributed by atoms with E-state index in [1.807, 2.05) is 44.2 Å². The molecule has 1 amide bonds. The number of nitrogens with one attached hydrogen (secondary N) is 1. The van der Waals surface area contributed by atoms with Crippen molar-refractivity contribution in [1.29, 1.82) is 0 Å². The minimum atomic E-state index is -0.415. The fraction of sp³-hybridized carbons (Fsp3) is 0.0952. The zero-order valence-electron chi connectivity index (χ0n) is 15.6. The Bertz CT molecular complexity index is 1240. The van der Waals surface area contributed by atoms with Gasteiger partial charge in [-0.1, -0.05) is 15.9 Å². The van der Waals surface area contributed by atoms with Gasteiger partial charge < -0.3 is 8.98 Å². The Balaban J connectivity index is 1.54. The van der Waals surface area contributed by atoms with E-state index in [0.29, 0.717) is 5.58 Å². The lowest BCUT2D eigenvalue weighted by Gasteiger charge is -2.08. The number of aromatic nitrogens is 2. The van der Waals surface area contributed by atoms with Gasteiger partial charge in [-0.05, 0) is 66.2 Å². The second-order valence-corrected chi connectivity index (χ2v) is 8.26. The molecule has 3 aromatic heterocycles. The Morgan fingerprint density at radius 2 is 2.07 bits per heavy atom. The van der Waals surface area contributed by atoms with Crippen LogP contribution in [0.3, 0.4) is 0 Å². The van der Waals surface area contributed by atoms with Gasteiger partial charge in [-0.15, -0.1) is 0 Å². The molecule has 0 saturated carbocycles. The maximum absolute atomic E-state index is 12.4. The number of hydrogen-bond donors (Lipinski definition) is 1. The summed E-state index contributed by atoms with van der Waals surface area (Å²) in [5.74, 6) is -0.224. The van der Waals surface area contributed by atoms with Crippen LogP contribution in [0.4, 0.5) is 0 Å². The fourth-order valence-corrected chi connectivity index (χ4v) is 4.54. The summed E-state index contributed by atoms with van der Waals surface area (Å²) in [5.41, 5.74) is 7.08. The molecular weight excluding hydrogens is 500 g/mol. The van der Waals surface area contributed by atoms with Gasteiger partial charge in [0.2, 0.25) is 0 Å². The molecule has 4 rings (SSSR count). The largest absolute Gasteiger partial charge is 0.450 e. The number of carbonyl (C=O) groups is 1. The van der Waals surface area contributed by atoms with Crippen molar-refractivity contribution in [2.45, 2.75) is 13.8 Å². The number of hydrogen-bond acceptors (Lipinski definition) is 4. The van der Waals surface area contributed by atoms with Crippen molar-refractivity contribution in [3.8, 4) is 5.69 Å². The SMILES string of the molecule is Cc1cc(/C=N\NC(=O)c2cc3cc(Br)cc(Br)c3o2)c(C)n1-c1cccnc1. The molecule has 0 aliphatic rings. The van der Waals surface area contributed by atoms with Crippen LogP contribution >= 0.6 is 31.9 Å². The first-order valence-corrected chi connectivity index (χ1v) is 10.3. The third-order valence-electron chi connectivity index (χ3n) is 4.50. The summed E-state index contributed by atoms with van der Waals surface area (Å²) in [6, 6.07) is 11.3. The molecule has 1 N–H and O–H groups in total. The average molecular weight is 516 g/mol. The van der Waals surface area contributed by atoms with Crippen molar-refractivity contribution in [2.24, 2.45) is 5.10 Å². The van der Waals surface area contributed by atoms with E-state index in [9.17, 15) is 4.79 Å². The molecule has 0 unspecified atom stereocenters. The highest BCUT2D eigenvalue weighted by Gasteiger charge is 2.14. The van der Waals surface area contributed by atoms with Crippen LogP contribution in [-0.4, -0.2) is 21.7 Å².